The van der Waals surface area contributed by atoms with Gasteiger partial charge in [0.1, 0.15) is 5.78 Å². The predicted molar refractivity (Wildman–Crippen MR) is 92.6 cm³/mol. The van der Waals surface area contributed by atoms with Gasteiger partial charge in [-0.2, -0.15) is 0 Å². The van der Waals surface area contributed by atoms with E-state index in [9.17, 15) is 15.0 Å². The second kappa shape index (κ2) is 12.6. The number of Topliss-reactive ketones (excluding diaryl/α,β-unsaturated/α-hetero) is 1. The first-order valence-electron chi connectivity index (χ1n) is 9.10. The minimum Gasteiger partial charge on any atom is -0.396 e. The van der Waals surface area contributed by atoms with Crippen molar-refractivity contribution in [1.29, 1.82) is 0 Å². The Bertz CT molecular complexity index is 374. The first-order valence-corrected chi connectivity index (χ1v) is 9.10. The third-order valence-electron chi connectivity index (χ3n) is 4.55. The Morgan fingerprint density at radius 3 is 2.12 bits per heavy atom. The Balaban J connectivity index is 2.01. The summed E-state index contributed by atoms with van der Waals surface area (Å²) >= 11 is 0. The van der Waals surface area contributed by atoms with Gasteiger partial charge in [-0.3, -0.25) is 4.79 Å². The Kier molecular flexibility index (Phi) is 11.1. The van der Waals surface area contributed by atoms with Crippen molar-refractivity contribution >= 4 is 5.78 Å². The van der Waals surface area contributed by atoms with Crippen LogP contribution in [0.25, 0.3) is 0 Å². The Morgan fingerprint density at radius 1 is 0.875 bits per heavy atom. The average molecular weight is 343 g/mol. The normalized spacial score (nSPS) is 27.2. The fourth-order valence-electron chi connectivity index (χ4n) is 3.02. The van der Waals surface area contributed by atoms with Crippen molar-refractivity contribution in [3.05, 3.63) is 12.2 Å². The molecule has 1 saturated heterocycles. The van der Waals surface area contributed by atoms with Crippen molar-refractivity contribution in [2.75, 3.05) is 13.2 Å². The number of rotatable bonds is 13. The maximum Gasteiger partial charge on any atom is 0.132 e. The monoisotopic (exact) mass is 343 g/mol. The lowest BCUT2D eigenvalue weighted by Gasteiger charge is -2.14. The molecule has 6 heteroatoms. The van der Waals surface area contributed by atoms with Crippen LogP contribution in [0.2, 0.25) is 0 Å². The van der Waals surface area contributed by atoms with Crippen LogP contribution >= 0.6 is 0 Å². The van der Waals surface area contributed by atoms with Crippen LogP contribution < -0.4 is 5.32 Å². The van der Waals surface area contributed by atoms with E-state index in [0.717, 1.165) is 32.1 Å². The van der Waals surface area contributed by atoms with E-state index in [2.05, 4.69) is 17.5 Å². The van der Waals surface area contributed by atoms with E-state index in [1.807, 2.05) is 0 Å². The molecular formula is C18H33NO5. The molecule has 4 atom stereocenters. The molecular weight excluding hydrogens is 310 g/mol. The highest BCUT2D eigenvalue weighted by atomic mass is 16.3. The largest absolute Gasteiger partial charge is 0.396 e. The number of carbonyl (C=O) groups excluding carboxylic acids is 1. The Morgan fingerprint density at radius 2 is 1.50 bits per heavy atom. The molecule has 140 valence electrons. The highest BCUT2D eigenvalue weighted by Gasteiger charge is 2.39. The second-order valence-corrected chi connectivity index (χ2v) is 6.56. The predicted octanol–water partition coefficient (Wildman–Crippen LogP) is 0.669. The van der Waals surface area contributed by atoms with Gasteiger partial charge >= 0.3 is 0 Å². The molecule has 24 heavy (non-hydrogen) atoms. The van der Waals surface area contributed by atoms with E-state index in [-0.39, 0.29) is 25.0 Å². The number of aliphatic hydroxyl groups is 4. The number of aliphatic hydroxyl groups excluding tert-OH is 4. The van der Waals surface area contributed by atoms with Gasteiger partial charge in [-0.25, -0.2) is 0 Å². The summed E-state index contributed by atoms with van der Waals surface area (Å²) in [6.07, 6.45) is 9.45. The number of allylic oxidation sites excluding steroid dienone is 2. The van der Waals surface area contributed by atoms with Gasteiger partial charge in [0.05, 0.1) is 24.9 Å². The number of carbonyl (C=O) groups is 1. The van der Waals surface area contributed by atoms with E-state index >= 15 is 0 Å². The van der Waals surface area contributed by atoms with Crippen molar-refractivity contribution in [2.45, 2.75) is 82.1 Å². The molecule has 6 nitrogen and oxygen atoms in total. The van der Waals surface area contributed by atoms with Gasteiger partial charge in [-0.1, -0.05) is 12.2 Å². The molecule has 1 aliphatic rings. The standard InChI is InChI=1S/C18H33NO5/c20-12-8-7-10-14(22)9-5-3-1-2-4-6-11-15-17(23)18(24)16(13-21)19-15/h2,4,15-21,23-24H,1,3,5-13H2. The van der Waals surface area contributed by atoms with E-state index in [1.54, 1.807) is 0 Å². The molecule has 1 heterocycles. The van der Waals surface area contributed by atoms with Crippen molar-refractivity contribution < 1.29 is 25.2 Å². The third kappa shape index (κ3) is 7.85. The van der Waals surface area contributed by atoms with Crippen LogP contribution in [-0.4, -0.2) is 63.7 Å². The second-order valence-electron chi connectivity index (χ2n) is 6.56. The van der Waals surface area contributed by atoms with E-state index in [0.29, 0.717) is 25.7 Å². The van der Waals surface area contributed by atoms with Gasteiger partial charge < -0.3 is 25.7 Å². The summed E-state index contributed by atoms with van der Waals surface area (Å²) in [7, 11) is 0. The highest BCUT2D eigenvalue weighted by molar-refractivity contribution is 5.78. The summed E-state index contributed by atoms with van der Waals surface area (Å²) in [6, 6.07) is -0.623. The number of hydrogen-bond donors (Lipinski definition) is 5. The molecule has 0 aromatic heterocycles. The molecule has 0 amide bonds. The zero-order valence-corrected chi connectivity index (χ0v) is 14.4. The lowest BCUT2D eigenvalue weighted by Crippen LogP contribution is -2.36. The van der Waals surface area contributed by atoms with Crippen molar-refractivity contribution in [2.24, 2.45) is 0 Å². The summed E-state index contributed by atoms with van der Waals surface area (Å²) < 4.78 is 0. The van der Waals surface area contributed by atoms with Gasteiger partial charge in [-0.15, -0.1) is 0 Å². The van der Waals surface area contributed by atoms with E-state index in [1.165, 1.54) is 0 Å². The molecule has 5 N–H and O–H groups in total. The van der Waals surface area contributed by atoms with Crippen LogP contribution in [-0.2, 0) is 4.79 Å². The summed E-state index contributed by atoms with van der Waals surface area (Å²) in [5.74, 6) is 0.283. The van der Waals surface area contributed by atoms with Crippen LogP contribution in [0.4, 0.5) is 0 Å². The van der Waals surface area contributed by atoms with Gasteiger partial charge in [-0.05, 0) is 44.9 Å². The molecule has 0 saturated carbocycles. The summed E-state index contributed by atoms with van der Waals surface area (Å²) in [5, 5.41) is 40.4. The minimum absolute atomic E-state index is 0.158. The summed E-state index contributed by atoms with van der Waals surface area (Å²) in [6.45, 7) is -0.0195. The number of ketones is 1. The molecule has 0 bridgehead atoms. The van der Waals surface area contributed by atoms with Gasteiger partial charge in [0.15, 0.2) is 0 Å². The van der Waals surface area contributed by atoms with Crippen molar-refractivity contribution in [3.63, 3.8) is 0 Å². The first-order chi connectivity index (χ1) is 11.6. The summed E-state index contributed by atoms with van der Waals surface area (Å²) in [4.78, 5) is 11.5. The zero-order chi connectivity index (χ0) is 17.8. The number of hydrogen-bond acceptors (Lipinski definition) is 6. The Labute approximate surface area is 144 Å². The van der Waals surface area contributed by atoms with Gasteiger partial charge in [0.25, 0.3) is 0 Å². The van der Waals surface area contributed by atoms with E-state index in [4.69, 9.17) is 10.2 Å². The van der Waals surface area contributed by atoms with Crippen LogP contribution in [0.5, 0.6) is 0 Å². The summed E-state index contributed by atoms with van der Waals surface area (Å²) in [5.41, 5.74) is 0. The van der Waals surface area contributed by atoms with Crippen molar-refractivity contribution in [1.82, 2.24) is 5.32 Å². The fourth-order valence-corrected chi connectivity index (χ4v) is 3.02. The highest BCUT2D eigenvalue weighted by Crippen LogP contribution is 2.18. The number of unbranched alkanes of at least 4 members (excludes halogenated alkanes) is 3. The van der Waals surface area contributed by atoms with Crippen LogP contribution in [0.3, 0.4) is 0 Å². The molecule has 0 aromatic rings. The molecule has 1 rings (SSSR count). The lowest BCUT2D eigenvalue weighted by molar-refractivity contribution is -0.119. The molecule has 1 fully saturated rings. The Hall–Kier alpha value is -0.790. The molecule has 1 aliphatic heterocycles. The van der Waals surface area contributed by atoms with Crippen molar-refractivity contribution in [3.8, 4) is 0 Å². The van der Waals surface area contributed by atoms with Crippen LogP contribution in [0, 0.1) is 0 Å². The SMILES string of the molecule is O=C(CCCCO)CCCCC=CCCC1NC(CO)C(O)C1O. The van der Waals surface area contributed by atoms with Gasteiger partial charge in [0, 0.05) is 25.5 Å². The smallest absolute Gasteiger partial charge is 0.132 e. The number of nitrogens with one attached hydrogen (secondary N) is 1. The zero-order valence-electron chi connectivity index (χ0n) is 14.4. The van der Waals surface area contributed by atoms with Crippen LogP contribution in [0.15, 0.2) is 12.2 Å². The van der Waals surface area contributed by atoms with Gasteiger partial charge in [0.2, 0.25) is 0 Å². The molecule has 0 aromatic carbocycles. The topological polar surface area (TPSA) is 110 Å². The molecule has 0 spiro atoms. The average Bonchev–Trinajstić information content (AvgIpc) is 2.85. The molecule has 0 radical (unpaired) electrons. The minimum atomic E-state index is -0.904. The maximum atomic E-state index is 11.5. The fraction of sp³-hybridized carbons (Fsp3) is 0.833. The quantitative estimate of drug-likeness (QED) is 0.248. The third-order valence-corrected chi connectivity index (χ3v) is 4.55. The van der Waals surface area contributed by atoms with E-state index < -0.39 is 18.2 Å². The molecule has 4 unspecified atom stereocenters. The maximum absolute atomic E-state index is 11.5. The lowest BCUT2D eigenvalue weighted by atomic mass is 10.0. The molecule has 0 aliphatic carbocycles. The first kappa shape index (κ1) is 21.3. The van der Waals surface area contributed by atoms with Crippen LogP contribution in [0.1, 0.15) is 57.8 Å².